The number of aromatic nitrogens is 6. The largest absolute Gasteiger partial charge is 0.338 e. The molecule has 0 spiro atoms. The maximum atomic E-state index is 5.33. The minimum atomic E-state index is 0.558. The molecule has 24 heavy (non-hydrogen) atoms. The first-order valence-corrected chi connectivity index (χ1v) is 8.39. The summed E-state index contributed by atoms with van der Waals surface area (Å²) in [5.74, 6) is 1.83. The molecule has 1 aromatic carbocycles. The molecule has 3 aromatic heterocycles. The predicted molar refractivity (Wildman–Crippen MR) is 89.4 cm³/mol. The summed E-state index contributed by atoms with van der Waals surface area (Å²) in [6.07, 6.45) is 3.97. The van der Waals surface area contributed by atoms with E-state index >= 15 is 0 Å². The predicted octanol–water partition coefficient (Wildman–Crippen LogP) is 2.63. The van der Waals surface area contributed by atoms with Crippen LogP contribution in [0.4, 0.5) is 0 Å². The monoisotopic (exact) mass is 338 g/mol. The van der Waals surface area contributed by atoms with Crippen molar-refractivity contribution in [3.63, 3.8) is 0 Å². The Morgan fingerprint density at radius 2 is 2.04 bits per heavy atom. The summed E-state index contributed by atoms with van der Waals surface area (Å²) in [4.78, 5) is 13.0. The van der Waals surface area contributed by atoms with E-state index < -0.39 is 0 Å². The van der Waals surface area contributed by atoms with Crippen molar-refractivity contribution in [2.24, 2.45) is 7.05 Å². The molecule has 4 aromatic rings. The van der Waals surface area contributed by atoms with Crippen molar-refractivity contribution in [3.05, 3.63) is 60.1 Å². The van der Waals surface area contributed by atoms with Crippen molar-refractivity contribution in [2.75, 3.05) is 0 Å². The highest BCUT2D eigenvalue weighted by atomic mass is 32.2. The van der Waals surface area contributed by atoms with Gasteiger partial charge in [0.15, 0.2) is 11.5 Å². The lowest BCUT2D eigenvalue weighted by Crippen LogP contribution is -1.93. The lowest BCUT2D eigenvalue weighted by molar-refractivity contribution is 0.386. The van der Waals surface area contributed by atoms with Gasteiger partial charge in [-0.2, -0.15) is 10.1 Å². The van der Waals surface area contributed by atoms with Crippen LogP contribution < -0.4 is 0 Å². The minimum Gasteiger partial charge on any atom is -0.338 e. The van der Waals surface area contributed by atoms with Gasteiger partial charge in [0.1, 0.15) is 11.4 Å². The zero-order chi connectivity index (χ0) is 16.4. The number of fused-ring (bicyclic) bond motifs is 1. The van der Waals surface area contributed by atoms with E-state index in [0.29, 0.717) is 23.9 Å². The Kier molecular flexibility index (Phi) is 3.96. The first kappa shape index (κ1) is 14.8. The van der Waals surface area contributed by atoms with Crippen LogP contribution in [0.25, 0.3) is 11.0 Å². The standard InChI is InChI=1S/C16H14N6OS/c1-22-15-12(8-19-22)16(18-10-17-15)24-9-14-20-13(21-23-14)7-11-5-3-2-4-6-11/h2-6,8,10H,7,9H2,1H3. The third-order valence-electron chi connectivity index (χ3n) is 3.54. The fourth-order valence-corrected chi connectivity index (χ4v) is 3.18. The molecule has 120 valence electrons. The van der Waals surface area contributed by atoms with E-state index in [0.717, 1.165) is 21.6 Å². The second-order valence-electron chi connectivity index (χ2n) is 5.24. The van der Waals surface area contributed by atoms with Gasteiger partial charge < -0.3 is 4.52 Å². The van der Waals surface area contributed by atoms with Crippen molar-refractivity contribution in [1.82, 2.24) is 29.9 Å². The lowest BCUT2D eigenvalue weighted by atomic mass is 10.1. The molecule has 0 fully saturated rings. The Labute approximate surface area is 142 Å². The first-order valence-electron chi connectivity index (χ1n) is 7.40. The van der Waals surface area contributed by atoms with Crippen molar-refractivity contribution in [3.8, 4) is 0 Å². The fourth-order valence-electron chi connectivity index (χ4n) is 2.38. The summed E-state index contributed by atoms with van der Waals surface area (Å²) >= 11 is 1.54. The van der Waals surface area contributed by atoms with Crippen molar-refractivity contribution >= 4 is 22.8 Å². The molecule has 0 aliphatic carbocycles. The normalized spacial score (nSPS) is 11.2. The van der Waals surface area contributed by atoms with Crippen LogP contribution in [0, 0.1) is 0 Å². The molecular weight excluding hydrogens is 324 g/mol. The van der Waals surface area contributed by atoms with Crippen molar-refractivity contribution in [1.29, 1.82) is 0 Å². The Morgan fingerprint density at radius 3 is 2.92 bits per heavy atom. The molecule has 8 heteroatoms. The molecule has 0 saturated heterocycles. The van der Waals surface area contributed by atoms with Crippen LogP contribution in [-0.2, 0) is 19.2 Å². The van der Waals surface area contributed by atoms with E-state index in [-0.39, 0.29) is 0 Å². The molecule has 4 rings (SSSR count). The molecule has 0 saturated carbocycles. The maximum Gasteiger partial charge on any atom is 0.237 e. The van der Waals surface area contributed by atoms with Crippen molar-refractivity contribution < 1.29 is 4.52 Å². The first-order chi connectivity index (χ1) is 11.8. The van der Waals surface area contributed by atoms with Crippen LogP contribution in [0.15, 0.2) is 52.4 Å². The highest BCUT2D eigenvalue weighted by molar-refractivity contribution is 7.98. The number of thioether (sulfide) groups is 1. The summed E-state index contributed by atoms with van der Waals surface area (Å²) in [6, 6.07) is 10.1. The Hall–Kier alpha value is -2.74. The number of hydrogen-bond donors (Lipinski definition) is 0. The average molecular weight is 338 g/mol. The van der Waals surface area contributed by atoms with Crippen molar-refractivity contribution in [2.45, 2.75) is 17.2 Å². The topological polar surface area (TPSA) is 82.5 Å². The van der Waals surface area contributed by atoms with Crippen LogP contribution in [0.2, 0.25) is 0 Å². The molecule has 7 nitrogen and oxygen atoms in total. The van der Waals surface area contributed by atoms with E-state index in [1.54, 1.807) is 17.2 Å². The summed E-state index contributed by atoms with van der Waals surface area (Å²) in [5, 5.41) is 10.0. The van der Waals surface area contributed by atoms with E-state index in [1.807, 2.05) is 37.4 Å². The van der Waals surface area contributed by atoms with E-state index in [9.17, 15) is 0 Å². The zero-order valence-electron chi connectivity index (χ0n) is 13.0. The van der Waals surface area contributed by atoms with Crippen LogP contribution in [0.5, 0.6) is 0 Å². The summed E-state index contributed by atoms with van der Waals surface area (Å²) < 4.78 is 7.06. The highest BCUT2D eigenvalue weighted by Gasteiger charge is 2.12. The van der Waals surface area contributed by atoms with Gasteiger partial charge in [-0.15, -0.1) is 0 Å². The molecule has 0 amide bonds. The van der Waals surface area contributed by atoms with E-state index in [2.05, 4.69) is 25.2 Å². The third kappa shape index (κ3) is 3.00. The summed E-state index contributed by atoms with van der Waals surface area (Å²) in [6.45, 7) is 0. The smallest absolute Gasteiger partial charge is 0.237 e. The van der Waals surface area contributed by atoms with E-state index in [4.69, 9.17) is 4.52 Å². The molecule has 0 aliphatic rings. The van der Waals surface area contributed by atoms with Gasteiger partial charge in [0.25, 0.3) is 0 Å². The van der Waals surface area contributed by atoms with Crippen LogP contribution >= 0.6 is 11.8 Å². The number of nitrogens with zero attached hydrogens (tertiary/aromatic N) is 6. The lowest BCUT2D eigenvalue weighted by Gasteiger charge is -1.99. The number of aryl methyl sites for hydroxylation is 1. The van der Waals surface area contributed by atoms with Gasteiger partial charge in [-0.25, -0.2) is 9.97 Å². The number of hydrogen-bond acceptors (Lipinski definition) is 7. The van der Waals surface area contributed by atoms with Gasteiger partial charge in [0, 0.05) is 13.5 Å². The van der Waals surface area contributed by atoms with E-state index in [1.165, 1.54) is 11.8 Å². The Morgan fingerprint density at radius 1 is 1.17 bits per heavy atom. The third-order valence-corrected chi connectivity index (χ3v) is 4.53. The quantitative estimate of drug-likeness (QED) is 0.408. The van der Waals surface area contributed by atoms with Crippen LogP contribution in [0.3, 0.4) is 0 Å². The second-order valence-corrected chi connectivity index (χ2v) is 6.20. The number of rotatable bonds is 5. The van der Waals surface area contributed by atoms with Gasteiger partial charge in [-0.05, 0) is 5.56 Å². The Bertz CT molecular complexity index is 965. The molecule has 3 heterocycles. The molecule has 0 aliphatic heterocycles. The highest BCUT2D eigenvalue weighted by Crippen LogP contribution is 2.26. The van der Waals surface area contributed by atoms with Gasteiger partial charge in [-0.1, -0.05) is 47.3 Å². The zero-order valence-corrected chi connectivity index (χ0v) is 13.8. The molecule has 0 bridgehead atoms. The number of benzene rings is 1. The second kappa shape index (κ2) is 6.40. The van der Waals surface area contributed by atoms with Gasteiger partial charge in [0.2, 0.25) is 5.89 Å². The average Bonchev–Trinajstić information content (AvgIpc) is 3.21. The Balaban J connectivity index is 1.46. The molecule has 0 atom stereocenters. The van der Waals surface area contributed by atoms with Crippen LogP contribution in [0.1, 0.15) is 17.3 Å². The summed E-state index contributed by atoms with van der Waals surface area (Å²) in [5.41, 5.74) is 1.97. The SMILES string of the molecule is Cn1ncc2c(SCc3nc(Cc4ccccc4)no3)ncnc21. The molecule has 0 unspecified atom stereocenters. The maximum absolute atomic E-state index is 5.33. The van der Waals surface area contributed by atoms with Crippen LogP contribution in [-0.4, -0.2) is 29.9 Å². The molecule has 0 radical (unpaired) electrons. The van der Waals surface area contributed by atoms with Gasteiger partial charge >= 0.3 is 0 Å². The molecular formula is C16H14N6OS. The molecule has 0 N–H and O–H groups in total. The fraction of sp³-hybridized carbons (Fsp3) is 0.188. The minimum absolute atomic E-state index is 0.558. The van der Waals surface area contributed by atoms with Gasteiger partial charge in [-0.3, -0.25) is 4.68 Å². The summed E-state index contributed by atoms with van der Waals surface area (Å²) in [7, 11) is 1.86. The van der Waals surface area contributed by atoms with Gasteiger partial charge in [0.05, 0.1) is 17.3 Å².